The molecule has 0 saturated carbocycles. The number of oxazole rings is 1. The number of hydrogen-bond acceptors (Lipinski definition) is 4. The monoisotopic (exact) mass is 403 g/mol. The molecule has 1 heterocycles. The lowest BCUT2D eigenvalue weighted by molar-refractivity contribution is 0.138. The molecule has 0 fully saturated rings. The summed E-state index contributed by atoms with van der Waals surface area (Å²) in [5, 5.41) is 0.150. The van der Waals surface area contributed by atoms with Gasteiger partial charge in [-0.2, -0.15) is 4.98 Å². The van der Waals surface area contributed by atoms with Crippen LogP contribution in [0.1, 0.15) is 70.4 Å². The maximum absolute atomic E-state index is 6.65. The van der Waals surface area contributed by atoms with Crippen LogP contribution in [0.3, 0.4) is 0 Å². The molecule has 0 spiro atoms. The Bertz CT molecular complexity index is 691. The van der Waals surface area contributed by atoms with Gasteiger partial charge in [0.25, 0.3) is 5.88 Å². The van der Waals surface area contributed by atoms with Crippen molar-refractivity contribution < 1.29 is 13.6 Å². The summed E-state index contributed by atoms with van der Waals surface area (Å²) >= 11 is 0. The lowest BCUT2D eigenvalue weighted by Gasteiger charge is -2.38. The highest BCUT2D eigenvalue weighted by atomic mass is 28.4. The fourth-order valence-electron chi connectivity index (χ4n) is 2.94. The van der Waals surface area contributed by atoms with Crippen LogP contribution >= 0.6 is 0 Å². The van der Waals surface area contributed by atoms with E-state index in [9.17, 15) is 0 Å². The third-order valence-corrected chi connectivity index (χ3v) is 10.2. The smallest absolute Gasteiger partial charge is 0.252 e. The largest absolute Gasteiger partial charge is 0.479 e. The third-order valence-electron chi connectivity index (χ3n) is 5.75. The average molecular weight is 404 g/mol. The van der Waals surface area contributed by atoms with Crippen molar-refractivity contribution in [1.82, 2.24) is 4.98 Å². The molecular formula is C23H37NO3Si. The van der Waals surface area contributed by atoms with Gasteiger partial charge >= 0.3 is 0 Å². The first kappa shape index (κ1) is 22.7. The Labute approximate surface area is 171 Å². The van der Waals surface area contributed by atoms with E-state index in [4.69, 9.17) is 13.6 Å². The zero-order valence-corrected chi connectivity index (χ0v) is 19.5. The maximum atomic E-state index is 6.65. The number of unbranched alkanes of at least 4 members (excludes halogenated alkanes) is 3. The second-order valence-electron chi connectivity index (χ2n) is 9.03. The zero-order chi connectivity index (χ0) is 20.6. The Balaban J connectivity index is 1.87. The molecule has 4 nitrogen and oxygen atoms in total. The quantitative estimate of drug-likeness (QED) is 0.301. The van der Waals surface area contributed by atoms with E-state index in [1.165, 1.54) is 24.8 Å². The minimum Gasteiger partial charge on any atom is -0.479 e. The molecule has 1 atom stereocenters. The first-order valence-electron chi connectivity index (χ1n) is 10.4. The van der Waals surface area contributed by atoms with Crippen LogP contribution in [0.15, 0.2) is 41.0 Å². The minimum absolute atomic E-state index is 0.0982. The number of ether oxygens (including phenoxy) is 1. The predicted octanol–water partition coefficient (Wildman–Crippen LogP) is 6.94. The van der Waals surface area contributed by atoms with Crippen LogP contribution in [-0.4, -0.2) is 20.4 Å². The molecule has 0 bridgehead atoms. The number of aromatic nitrogens is 1. The number of rotatable bonds is 11. The van der Waals surface area contributed by atoms with Crippen molar-refractivity contribution in [2.75, 3.05) is 7.11 Å². The Kier molecular flexibility index (Phi) is 8.32. The molecule has 0 radical (unpaired) electrons. The van der Waals surface area contributed by atoms with Crippen LogP contribution in [0, 0.1) is 0 Å². The fourth-order valence-corrected chi connectivity index (χ4v) is 4.22. The molecule has 156 valence electrons. The number of methoxy groups -OCH3 is 1. The Morgan fingerprint density at radius 2 is 1.71 bits per heavy atom. The molecule has 0 amide bonds. The molecule has 0 aliphatic heterocycles. The molecule has 5 heteroatoms. The Morgan fingerprint density at radius 3 is 2.32 bits per heavy atom. The molecule has 0 aliphatic rings. The summed E-state index contributed by atoms with van der Waals surface area (Å²) in [6, 6.07) is 10.7. The first-order valence-corrected chi connectivity index (χ1v) is 13.3. The van der Waals surface area contributed by atoms with Crippen molar-refractivity contribution >= 4 is 8.32 Å². The summed E-state index contributed by atoms with van der Waals surface area (Å²) < 4.78 is 17.5. The van der Waals surface area contributed by atoms with Gasteiger partial charge < -0.3 is 13.6 Å². The van der Waals surface area contributed by atoms with Crippen LogP contribution in [0.4, 0.5) is 0 Å². The molecule has 28 heavy (non-hydrogen) atoms. The van der Waals surface area contributed by atoms with Gasteiger partial charge in [-0.05, 0) is 43.0 Å². The highest BCUT2D eigenvalue weighted by Gasteiger charge is 2.40. The number of benzene rings is 1. The van der Waals surface area contributed by atoms with Crippen molar-refractivity contribution in [3.05, 3.63) is 48.0 Å². The number of nitrogens with zero attached hydrogens (tertiary/aromatic N) is 1. The van der Waals surface area contributed by atoms with E-state index in [0.29, 0.717) is 11.8 Å². The molecule has 1 aromatic carbocycles. The fraction of sp³-hybridized carbons (Fsp3) is 0.609. The van der Waals surface area contributed by atoms with E-state index in [2.05, 4.69) is 69.2 Å². The highest BCUT2D eigenvalue weighted by Crippen LogP contribution is 2.41. The Morgan fingerprint density at radius 1 is 1.04 bits per heavy atom. The normalized spacial score (nSPS) is 13.5. The molecule has 1 aromatic heterocycles. The van der Waals surface area contributed by atoms with Crippen molar-refractivity contribution in [1.29, 1.82) is 0 Å². The van der Waals surface area contributed by atoms with Gasteiger partial charge in [0, 0.05) is 0 Å². The summed E-state index contributed by atoms with van der Waals surface area (Å²) in [5.41, 5.74) is 1.42. The number of aryl methyl sites for hydroxylation is 1. The molecule has 0 N–H and O–H groups in total. The van der Waals surface area contributed by atoms with Crippen LogP contribution < -0.4 is 4.74 Å². The van der Waals surface area contributed by atoms with Crippen molar-refractivity contribution in [3.8, 4) is 5.88 Å². The maximum Gasteiger partial charge on any atom is 0.252 e. The second kappa shape index (κ2) is 10.3. The summed E-state index contributed by atoms with van der Waals surface area (Å²) in [7, 11) is -0.303. The van der Waals surface area contributed by atoms with E-state index in [1.807, 2.05) is 0 Å². The molecule has 1 unspecified atom stereocenters. The Hall–Kier alpha value is -1.59. The molecule has 2 aromatic rings. The van der Waals surface area contributed by atoms with Gasteiger partial charge in [0.1, 0.15) is 6.10 Å². The van der Waals surface area contributed by atoms with E-state index < -0.39 is 8.32 Å². The van der Waals surface area contributed by atoms with Crippen LogP contribution in [0.5, 0.6) is 5.88 Å². The van der Waals surface area contributed by atoms with E-state index in [0.717, 1.165) is 19.3 Å². The van der Waals surface area contributed by atoms with E-state index >= 15 is 0 Å². The third kappa shape index (κ3) is 6.78. The standard InChI is InChI=1S/C23H37NO3Si/c1-23(2,3)28(5,6)27-20(22-24-21(25-4)18-26-22)17-13-8-7-10-14-19-15-11-9-12-16-19/h9,11-12,15-16,18,20H,7-8,10,13-14,17H2,1-6H3. The SMILES string of the molecule is COc1coc(C(CCCCCCc2ccccc2)O[Si](C)(C)C(C)(C)C)n1. The van der Waals surface area contributed by atoms with Crippen LogP contribution in [-0.2, 0) is 10.8 Å². The van der Waals surface area contributed by atoms with Crippen molar-refractivity contribution in [2.24, 2.45) is 0 Å². The lowest BCUT2D eigenvalue weighted by atomic mass is 10.0. The summed E-state index contributed by atoms with van der Waals surface area (Å²) in [6.45, 7) is 11.3. The summed E-state index contributed by atoms with van der Waals surface area (Å²) in [6.07, 6.45) is 8.32. The second-order valence-corrected chi connectivity index (χ2v) is 13.8. The number of hydrogen-bond donors (Lipinski definition) is 0. The van der Waals surface area contributed by atoms with Gasteiger partial charge in [-0.25, -0.2) is 0 Å². The molecular weight excluding hydrogens is 366 g/mol. The van der Waals surface area contributed by atoms with Crippen molar-refractivity contribution in [2.45, 2.75) is 83.5 Å². The van der Waals surface area contributed by atoms with Crippen LogP contribution in [0.2, 0.25) is 18.1 Å². The van der Waals surface area contributed by atoms with Gasteiger partial charge in [0.05, 0.1) is 7.11 Å². The van der Waals surface area contributed by atoms with Gasteiger partial charge in [-0.15, -0.1) is 0 Å². The zero-order valence-electron chi connectivity index (χ0n) is 18.5. The first-order chi connectivity index (χ1) is 13.2. The van der Waals surface area contributed by atoms with E-state index in [-0.39, 0.29) is 11.1 Å². The minimum atomic E-state index is -1.91. The van der Waals surface area contributed by atoms with Gasteiger partial charge in [-0.3, -0.25) is 0 Å². The summed E-state index contributed by atoms with van der Waals surface area (Å²) in [5.74, 6) is 1.16. The highest BCUT2D eigenvalue weighted by molar-refractivity contribution is 6.74. The van der Waals surface area contributed by atoms with Gasteiger partial charge in [-0.1, -0.05) is 70.4 Å². The topological polar surface area (TPSA) is 44.5 Å². The van der Waals surface area contributed by atoms with Crippen LogP contribution in [0.25, 0.3) is 0 Å². The molecule has 0 aliphatic carbocycles. The summed E-state index contributed by atoms with van der Waals surface area (Å²) in [4.78, 5) is 4.46. The predicted molar refractivity (Wildman–Crippen MR) is 117 cm³/mol. The molecule has 0 saturated heterocycles. The average Bonchev–Trinajstić information content (AvgIpc) is 3.12. The van der Waals surface area contributed by atoms with Gasteiger partial charge in [0.15, 0.2) is 14.6 Å². The van der Waals surface area contributed by atoms with Gasteiger partial charge in [0.2, 0.25) is 5.89 Å². The molecule has 2 rings (SSSR count). The van der Waals surface area contributed by atoms with E-state index in [1.54, 1.807) is 13.4 Å². The van der Waals surface area contributed by atoms with Crippen molar-refractivity contribution in [3.63, 3.8) is 0 Å². The lowest BCUT2D eigenvalue weighted by Crippen LogP contribution is -2.41.